The maximum atomic E-state index is 10.1. The van der Waals surface area contributed by atoms with Crippen molar-refractivity contribution in [2.75, 3.05) is 44.2 Å². The van der Waals surface area contributed by atoms with Gasteiger partial charge in [0.2, 0.25) is 0 Å². The van der Waals surface area contributed by atoms with Crippen LogP contribution in [0.4, 0.5) is 5.69 Å². The van der Waals surface area contributed by atoms with E-state index >= 15 is 0 Å². The Morgan fingerprint density at radius 2 is 2.00 bits per heavy atom. The number of hydrogen-bond donors (Lipinski definition) is 2. The van der Waals surface area contributed by atoms with Crippen molar-refractivity contribution < 1.29 is 9.84 Å². The van der Waals surface area contributed by atoms with Crippen LogP contribution in [0.5, 0.6) is 5.75 Å². The lowest BCUT2D eigenvalue weighted by Gasteiger charge is -2.55. The zero-order chi connectivity index (χ0) is 19.0. The molecule has 0 spiro atoms. The second-order valence-corrected chi connectivity index (χ2v) is 8.45. The molecule has 3 unspecified atom stereocenters. The van der Waals surface area contributed by atoms with Gasteiger partial charge < -0.3 is 25.0 Å². The zero-order valence-electron chi connectivity index (χ0n) is 16.7. The monoisotopic (exact) mass is 372 g/mol. The van der Waals surface area contributed by atoms with Gasteiger partial charge in [-0.05, 0) is 25.5 Å². The minimum absolute atomic E-state index is 0.146. The number of para-hydroxylation sites is 2. The largest absolute Gasteiger partial charge is 0.506 e. The third-order valence-electron chi connectivity index (χ3n) is 6.49. The quantitative estimate of drug-likeness (QED) is 0.630. The van der Waals surface area contributed by atoms with Gasteiger partial charge in [0, 0.05) is 56.7 Å². The highest BCUT2D eigenvalue weighted by Gasteiger charge is 2.59. The first-order valence-electron chi connectivity index (χ1n) is 10.2. The van der Waals surface area contributed by atoms with Gasteiger partial charge in [-0.1, -0.05) is 26.0 Å². The smallest absolute Gasteiger partial charge is 0.194 e. The van der Waals surface area contributed by atoms with Crippen molar-refractivity contribution in [3.05, 3.63) is 24.3 Å². The van der Waals surface area contributed by atoms with Gasteiger partial charge >= 0.3 is 0 Å². The number of phenols is 1. The highest BCUT2D eigenvalue weighted by Crippen LogP contribution is 2.52. The first-order valence-corrected chi connectivity index (χ1v) is 10.2. The van der Waals surface area contributed by atoms with Crippen LogP contribution >= 0.6 is 0 Å². The van der Waals surface area contributed by atoms with E-state index in [-0.39, 0.29) is 5.41 Å². The Kier molecular flexibility index (Phi) is 4.93. The minimum atomic E-state index is 0.146. The van der Waals surface area contributed by atoms with E-state index in [1.807, 2.05) is 18.2 Å². The third-order valence-corrected chi connectivity index (χ3v) is 6.49. The standard InChI is InChI=1S/C21H32N4O2/c1-4-22-20(23-18-15-9-14-27-19(15)21(18,2)3)25-12-10-24(11-13-25)16-7-5-6-8-17(16)26/h5-8,15,18-19,26H,4,9-14H2,1-3H3,(H,22,23). The van der Waals surface area contributed by atoms with E-state index in [4.69, 9.17) is 9.73 Å². The molecule has 2 aliphatic heterocycles. The van der Waals surface area contributed by atoms with Crippen LogP contribution in [-0.2, 0) is 4.74 Å². The fourth-order valence-corrected chi connectivity index (χ4v) is 5.03. The summed E-state index contributed by atoms with van der Waals surface area (Å²) in [5.41, 5.74) is 1.07. The molecule has 148 valence electrons. The molecule has 1 saturated carbocycles. The van der Waals surface area contributed by atoms with Crippen molar-refractivity contribution in [1.82, 2.24) is 10.2 Å². The maximum absolute atomic E-state index is 10.1. The normalized spacial score (nSPS) is 30.0. The summed E-state index contributed by atoms with van der Waals surface area (Å²) >= 11 is 0. The summed E-state index contributed by atoms with van der Waals surface area (Å²) in [7, 11) is 0. The molecule has 3 fully saturated rings. The number of nitrogens with one attached hydrogen (secondary N) is 1. The van der Waals surface area contributed by atoms with Crippen LogP contribution in [0.1, 0.15) is 27.2 Å². The van der Waals surface area contributed by atoms with Crippen molar-refractivity contribution >= 4 is 11.6 Å². The first-order chi connectivity index (χ1) is 13.0. The average Bonchev–Trinajstić information content (AvgIpc) is 3.13. The Bertz CT molecular complexity index is 697. The topological polar surface area (TPSA) is 60.3 Å². The van der Waals surface area contributed by atoms with Crippen LogP contribution in [0.25, 0.3) is 0 Å². The Labute approximate surface area is 162 Å². The molecule has 2 heterocycles. The summed E-state index contributed by atoms with van der Waals surface area (Å²) in [5.74, 6) is 1.98. The Morgan fingerprint density at radius 3 is 2.70 bits per heavy atom. The molecule has 4 rings (SSSR count). The highest BCUT2D eigenvalue weighted by molar-refractivity contribution is 5.81. The van der Waals surface area contributed by atoms with Crippen molar-refractivity contribution in [3.8, 4) is 5.75 Å². The minimum Gasteiger partial charge on any atom is -0.506 e. The second kappa shape index (κ2) is 7.23. The van der Waals surface area contributed by atoms with E-state index in [0.717, 1.165) is 57.4 Å². The summed E-state index contributed by atoms with van der Waals surface area (Å²) < 4.78 is 5.93. The molecule has 0 radical (unpaired) electrons. The summed E-state index contributed by atoms with van der Waals surface area (Å²) in [5, 5.41) is 13.9. The van der Waals surface area contributed by atoms with E-state index in [0.29, 0.717) is 23.8 Å². The molecule has 1 aromatic rings. The summed E-state index contributed by atoms with van der Waals surface area (Å²) in [6.07, 6.45) is 1.53. The van der Waals surface area contributed by atoms with E-state index < -0.39 is 0 Å². The fraction of sp³-hybridized carbons (Fsp3) is 0.667. The summed E-state index contributed by atoms with van der Waals surface area (Å²) in [6.45, 7) is 11.9. The number of fused-ring (bicyclic) bond motifs is 1. The van der Waals surface area contributed by atoms with Crippen LogP contribution < -0.4 is 10.2 Å². The van der Waals surface area contributed by atoms with E-state index in [2.05, 4.69) is 35.9 Å². The van der Waals surface area contributed by atoms with Crippen molar-refractivity contribution in [3.63, 3.8) is 0 Å². The molecule has 0 aromatic heterocycles. The third kappa shape index (κ3) is 3.24. The average molecular weight is 373 g/mol. The number of ether oxygens (including phenoxy) is 1. The summed E-state index contributed by atoms with van der Waals surface area (Å²) in [6, 6.07) is 8.01. The van der Waals surface area contributed by atoms with Gasteiger partial charge in [-0.3, -0.25) is 4.99 Å². The molecule has 1 aliphatic carbocycles. The summed E-state index contributed by atoms with van der Waals surface area (Å²) in [4.78, 5) is 9.40. The van der Waals surface area contributed by atoms with E-state index in [1.165, 1.54) is 0 Å². The van der Waals surface area contributed by atoms with Crippen molar-refractivity contribution in [2.24, 2.45) is 16.3 Å². The molecule has 2 N–H and O–H groups in total. The number of nitrogens with zero attached hydrogens (tertiary/aromatic N) is 3. The molecule has 0 bridgehead atoms. The number of phenolic OH excluding ortho intramolecular Hbond substituents is 1. The van der Waals surface area contributed by atoms with Gasteiger partial charge in [0.15, 0.2) is 5.96 Å². The van der Waals surface area contributed by atoms with Gasteiger partial charge in [0.1, 0.15) is 5.75 Å². The number of aliphatic imine (C=N–C) groups is 1. The van der Waals surface area contributed by atoms with Crippen LogP contribution in [0.2, 0.25) is 0 Å². The van der Waals surface area contributed by atoms with Crippen LogP contribution in [0.15, 0.2) is 29.3 Å². The van der Waals surface area contributed by atoms with Gasteiger partial charge in [-0.25, -0.2) is 0 Å². The Morgan fingerprint density at radius 1 is 1.26 bits per heavy atom. The SMILES string of the molecule is CCN=C(NC1C2CCOC2C1(C)C)N1CCN(c2ccccc2O)CC1. The fourth-order valence-electron chi connectivity index (χ4n) is 5.03. The molecular weight excluding hydrogens is 340 g/mol. The highest BCUT2D eigenvalue weighted by atomic mass is 16.5. The number of guanidine groups is 1. The number of rotatable bonds is 3. The predicted molar refractivity (Wildman–Crippen MR) is 108 cm³/mol. The lowest BCUT2D eigenvalue weighted by atomic mass is 9.57. The second-order valence-electron chi connectivity index (χ2n) is 8.45. The van der Waals surface area contributed by atoms with Crippen molar-refractivity contribution in [2.45, 2.75) is 39.3 Å². The van der Waals surface area contributed by atoms with Crippen LogP contribution in [-0.4, -0.2) is 67.4 Å². The molecule has 1 aromatic carbocycles. The molecule has 3 atom stereocenters. The molecule has 2 saturated heterocycles. The molecule has 0 amide bonds. The first kappa shape index (κ1) is 18.4. The van der Waals surface area contributed by atoms with Gasteiger partial charge in [0.05, 0.1) is 11.8 Å². The lowest BCUT2D eigenvalue weighted by molar-refractivity contribution is -0.107. The van der Waals surface area contributed by atoms with Crippen molar-refractivity contribution in [1.29, 1.82) is 0 Å². The maximum Gasteiger partial charge on any atom is 0.194 e. The Balaban J connectivity index is 1.41. The number of aromatic hydroxyl groups is 1. The lowest BCUT2D eigenvalue weighted by Crippen LogP contribution is -2.68. The van der Waals surface area contributed by atoms with Gasteiger partial charge in [0.25, 0.3) is 0 Å². The number of piperazine rings is 1. The number of anilines is 1. The van der Waals surface area contributed by atoms with Crippen LogP contribution in [0, 0.1) is 11.3 Å². The molecule has 6 nitrogen and oxygen atoms in total. The van der Waals surface area contributed by atoms with Gasteiger partial charge in [-0.15, -0.1) is 0 Å². The number of benzene rings is 1. The molecule has 6 heteroatoms. The predicted octanol–water partition coefficient (Wildman–Crippen LogP) is 2.29. The van der Waals surface area contributed by atoms with E-state index in [1.54, 1.807) is 6.07 Å². The molecular formula is C21H32N4O2. The Hall–Kier alpha value is -1.95. The van der Waals surface area contributed by atoms with Crippen LogP contribution in [0.3, 0.4) is 0 Å². The number of hydrogen-bond acceptors (Lipinski definition) is 4. The molecule has 3 aliphatic rings. The molecule has 27 heavy (non-hydrogen) atoms. The zero-order valence-corrected chi connectivity index (χ0v) is 16.7. The van der Waals surface area contributed by atoms with Gasteiger partial charge in [-0.2, -0.15) is 0 Å². The van der Waals surface area contributed by atoms with E-state index in [9.17, 15) is 5.11 Å².